The molecule has 0 spiro atoms. The van der Waals surface area contributed by atoms with E-state index in [0.29, 0.717) is 17.9 Å². The number of rotatable bonds is 4. The third kappa shape index (κ3) is 2.91. The van der Waals surface area contributed by atoms with Crippen LogP contribution < -0.4 is 10.5 Å². The Kier molecular flexibility index (Phi) is 4.19. The molecule has 1 aliphatic carbocycles. The molecule has 1 saturated carbocycles. The molecule has 18 heavy (non-hydrogen) atoms. The van der Waals surface area contributed by atoms with E-state index < -0.39 is 0 Å². The van der Waals surface area contributed by atoms with Crippen molar-refractivity contribution in [2.45, 2.75) is 32.2 Å². The predicted molar refractivity (Wildman–Crippen MR) is 71.5 cm³/mol. The molecule has 2 rings (SSSR count). The molecule has 0 aromatic heterocycles. The molecule has 6 heteroatoms. The van der Waals surface area contributed by atoms with Gasteiger partial charge >= 0.3 is 0 Å². The minimum atomic E-state index is -0.378. The van der Waals surface area contributed by atoms with Crippen molar-refractivity contribution < 1.29 is 9.66 Å². The van der Waals surface area contributed by atoms with Gasteiger partial charge in [-0.15, -0.1) is 12.4 Å². The largest absolute Gasteiger partial charge is 0.491 e. The summed E-state index contributed by atoms with van der Waals surface area (Å²) in [6, 6.07) is 3.12. The lowest BCUT2D eigenvalue weighted by atomic mass is 10.1. The van der Waals surface area contributed by atoms with Gasteiger partial charge in [0, 0.05) is 17.2 Å². The SMILES string of the molecule is Cc1c(OCC2(N)CC2)ccc([N+](=O)[O-])c1C.Cl. The summed E-state index contributed by atoms with van der Waals surface area (Å²) in [5, 5.41) is 10.8. The van der Waals surface area contributed by atoms with E-state index in [0.717, 1.165) is 18.4 Å². The van der Waals surface area contributed by atoms with Crippen LogP contribution in [0, 0.1) is 24.0 Å². The molecule has 0 saturated heterocycles. The van der Waals surface area contributed by atoms with Crippen LogP contribution in [0.25, 0.3) is 0 Å². The fourth-order valence-corrected chi connectivity index (χ4v) is 1.66. The van der Waals surface area contributed by atoms with E-state index >= 15 is 0 Å². The number of nitrogens with two attached hydrogens (primary N) is 1. The number of nitrogens with zero attached hydrogens (tertiary/aromatic N) is 1. The smallest absolute Gasteiger partial charge is 0.272 e. The number of ether oxygens (including phenoxy) is 1. The number of benzene rings is 1. The Morgan fingerprint density at radius 1 is 1.39 bits per heavy atom. The van der Waals surface area contributed by atoms with Gasteiger partial charge in [-0.3, -0.25) is 10.1 Å². The minimum Gasteiger partial charge on any atom is -0.491 e. The molecule has 0 atom stereocenters. The highest BCUT2D eigenvalue weighted by Crippen LogP contribution is 2.34. The molecule has 0 heterocycles. The molecular formula is C12H17ClN2O3. The second-order valence-electron chi connectivity index (χ2n) is 4.74. The van der Waals surface area contributed by atoms with Gasteiger partial charge in [0.25, 0.3) is 5.69 Å². The maximum atomic E-state index is 10.8. The summed E-state index contributed by atoms with van der Waals surface area (Å²) in [5.41, 5.74) is 7.33. The van der Waals surface area contributed by atoms with Crippen molar-refractivity contribution in [1.82, 2.24) is 0 Å². The average Bonchev–Trinajstić information content (AvgIpc) is 2.99. The molecule has 1 fully saturated rings. The highest BCUT2D eigenvalue weighted by atomic mass is 35.5. The lowest BCUT2D eigenvalue weighted by molar-refractivity contribution is -0.385. The van der Waals surface area contributed by atoms with Gasteiger partial charge in [-0.2, -0.15) is 0 Å². The van der Waals surface area contributed by atoms with Crippen LogP contribution in [-0.4, -0.2) is 17.1 Å². The Balaban J connectivity index is 0.00000162. The molecule has 0 aliphatic heterocycles. The molecule has 100 valence electrons. The summed E-state index contributed by atoms with van der Waals surface area (Å²) >= 11 is 0. The van der Waals surface area contributed by atoms with Crippen LogP contribution in [0.3, 0.4) is 0 Å². The molecule has 0 radical (unpaired) electrons. The van der Waals surface area contributed by atoms with Crippen molar-refractivity contribution in [3.05, 3.63) is 33.4 Å². The van der Waals surface area contributed by atoms with E-state index in [1.807, 2.05) is 6.92 Å². The maximum absolute atomic E-state index is 10.8. The van der Waals surface area contributed by atoms with E-state index in [1.54, 1.807) is 13.0 Å². The lowest BCUT2D eigenvalue weighted by Crippen LogP contribution is -2.29. The second-order valence-corrected chi connectivity index (χ2v) is 4.74. The molecule has 1 aromatic carbocycles. The van der Waals surface area contributed by atoms with Crippen molar-refractivity contribution in [3.63, 3.8) is 0 Å². The first-order valence-corrected chi connectivity index (χ1v) is 5.59. The van der Waals surface area contributed by atoms with Gasteiger partial charge in [0.2, 0.25) is 0 Å². The Labute approximate surface area is 112 Å². The van der Waals surface area contributed by atoms with Crippen molar-refractivity contribution in [2.75, 3.05) is 6.61 Å². The average molecular weight is 273 g/mol. The van der Waals surface area contributed by atoms with Crippen LogP contribution in [0.4, 0.5) is 5.69 Å². The van der Waals surface area contributed by atoms with Crippen LogP contribution in [0.15, 0.2) is 12.1 Å². The number of hydrogen-bond acceptors (Lipinski definition) is 4. The molecule has 2 N–H and O–H groups in total. The van der Waals surface area contributed by atoms with Gasteiger partial charge in [-0.1, -0.05) is 0 Å². The highest BCUT2D eigenvalue weighted by Gasteiger charge is 2.39. The van der Waals surface area contributed by atoms with Crippen molar-refractivity contribution >= 4 is 18.1 Å². The fourth-order valence-electron chi connectivity index (χ4n) is 1.66. The first-order valence-electron chi connectivity index (χ1n) is 5.59. The topological polar surface area (TPSA) is 78.4 Å². The Morgan fingerprint density at radius 2 is 2.00 bits per heavy atom. The first-order chi connectivity index (χ1) is 7.93. The summed E-state index contributed by atoms with van der Waals surface area (Å²) in [4.78, 5) is 10.4. The highest BCUT2D eigenvalue weighted by molar-refractivity contribution is 5.85. The standard InChI is InChI=1S/C12H16N2O3.ClH/c1-8-9(2)11(4-3-10(8)14(15)16)17-7-12(13)5-6-12;/h3-4H,5-7,13H2,1-2H3;1H. The van der Waals surface area contributed by atoms with Crippen LogP contribution in [0.5, 0.6) is 5.75 Å². The molecule has 0 unspecified atom stereocenters. The van der Waals surface area contributed by atoms with Gasteiger partial charge in [-0.25, -0.2) is 0 Å². The summed E-state index contributed by atoms with van der Waals surface area (Å²) in [6.45, 7) is 4.04. The number of halogens is 1. The van der Waals surface area contributed by atoms with Gasteiger partial charge < -0.3 is 10.5 Å². The van der Waals surface area contributed by atoms with Crippen molar-refractivity contribution in [2.24, 2.45) is 5.73 Å². The van der Waals surface area contributed by atoms with Crippen LogP contribution >= 0.6 is 12.4 Å². The van der Waals surface area contributed by atoms with E-state index in [1.165, 1.54) is 6.07 Å². The van der Waals surface area contributed by atoms with Crippen LogP contribution in [0.1, 0.15) is 24.0 Å². The zero-order chi connectivity index (χ0) is 12.6. The Bertz CT molecular complexity index is 473. The summed E-state index contributed by atoms with van der Waals surface area (Å²) < 4.78 is 5.63. The molecular weight excluding hydrogens is 256 g/mol. The summed E-state index contributed by atoms with van der Waals surface area (Å²) in [6.07, 6.45) is 1.97. The lowest BCUT2D eigenvalue weighted by Gasteiger charge is -2.14. The fraction of sp³-hybridized carbons (Fsp3) is 0.500. The monoisotopic (exact) mass is 272 g/mol. The minimum absolute atomic E-state index is 0. The predicted octanol–water partition coefficient (Wildman–Crippen LogP) is 2.50. The zero-order valence-electron chi connectivity index (χ0n) is 10.4. The third-order valence-electron chi connectivity index (χ3n) is 3.31. The molecule has 5 nitrogen and oxygen atoms in total. The molecule has 1 aromatic rings. The maximum Gasteiger partial charge on any atom is 0.272 e. The summed E-state index contributed by atoms with van der Waals surface area (Å²) in [7, 11) is 0. The second kappa shape index (κ2) is 5.12. The van der Waals surface area contributed by atoms with Crippen LogP contribution in [-0.2, 0) is 0 Å². The first kappa shape index (κ1) is 14.7. The van der Waals surface area contributed by atoms with E-state index in [-0.39, 0.29) is 28.6 Å². The van der Waals surface area contributed by atoms with E-state index in [2.05, 4.69) is 0 Å². The van der Waals surface area contributed by atoms with E-state index in [9.17, 15) is 10.1 Å². The molecule has 0 amide bonds. The molecule has 0 bridgehead atoms. The number of hydrogen-bond donors (Lipinski definition) is 1. The molecule has 1 aliphatic rings. The van der Waals surface area contributed by atoms with Crippen LogP contribution in [0.2, 0.25) is 0 Å². The number of nitro benzene ring substituents is 1. The van der Waals surface area contributed by atoms with Crippen molar-refractivity contribution in [3.8, 4) is 5.75 Å². The van der Waals surface area contributed by atoms with Gasteiger partial charge in [-0.05, 0) is 32.8 Å². The van der Waals surface area contributed by atoms with Gasteiger partial charge in [0.15, 0.2) is 0 Å². The Morgan fingerprint density at radius 3 is 2.50 bits per heavy atom. The third-order valence-corrected chi connectivity index (χ3v) is 3.31. The summed E-state index contributed by atoms with van der Waals surface area (Å²) in [5.74, 6) is 0.685. The van der Waals surface area contributed by atoms with Crippen molar-refractivity contribution in [1.29, 1.82) is 0 Å². The van der Waals surface area contributed by atoms with Gasteiger partial charge in [0.05, 0.1) is 10.5 Å². The van der Waals surface area contributed by atoms with E-state index in [4.69, 9.17) is 10.5 Å². The quantitative estimate of drug-likeness (QED) is 0.675. The normalized spacial score (nSPS) is 15.7. The Hall–Kier alpha value is -1.33. The number of nitro groups is 1. The van der Waals surface area contributed by atoms with Gasteiger partial charge in [0.1, 0.15) is 12.4 Å². The zero-order valence-corrected chi connectivity index (χ0v) is 11.3.